The minimum Gasteiger partial charge on any atom is -0.352 e. The maximum absolute atomic E-state index is 12.1. The van der Waals surface area contributed by atoms with Gasteiger partial charge >= 0.3 is 0 Å². The van der Waals surface area contributed by atoms with Crippen molar-refractivity contribution in [1.82, 2.24) is 15.6 Å². The van der Waals surface area contributed by atoms with E-state index < -0.39 is 0 Å². The van der Waals surface area contributed by atoms with Crippen molar-refractivity contribution in [1.29, 1.82) is 0 Å². The van der Waals surface area contributed by atoms with Gasteiger partial charge in [0.1, 0.15) is 0 Å². The fraction of sp³-hybridized carbons (Fsp3) is 0.316. The average molecular weight is 325 g/mol. The second-order valence-electron chi connectivity index (χ2n) is 5.58. The number of carbonyl (C=O) groups is 2. The number of amides is 2. The van der Waals surface area contributed by atoms with Crippen molar-refractivity contribution < 1.29 is 9.59 Å². The van der Waals surface area contributed by atoms with E-state index in [-0.39, 0.29) is 11.8 Å². The monoisotopic (exact) mass is 325 g/mol. The predicted octanol–water partition coefficient (Wildman–Crippen LogP) is 2.93. The van der Waals surface area contributed by atoms with Crippen molar-refractivity contribution >= 4 is 11.8 Å². The average Bonchev–Trinajstić information content (AvgIpc) is 2.64. The zero-order valence-electron chi connectivity index (χ0n) is 13.9. The van der Waals surface area contributed by atoms with Gasteiger partial charge in [0.2, 0.25) is 0 Å². The minimum absolute atomic E-state index is 0.103. The van der Waals surface area contributed by atoms with Crippen molar-refractivity contribution in [3.8, 4) is 0 Å². The molecule has 0 aliphatic rings. The topological polar surface area (TPSA) is 71.1 Å². The number of hydrogen-bond acceptors (Lipinski definition) is 3. The van der Waals surface area contributed by atoms with Gasteiger partial charge in [0.25, 0.3) is 11.8 Å². The van der Waals surface area contributed by atoms with Crippen LogP contribution in [0.15, 0.2) is 48.8 Å². The summed E-state index contributed by atoms with van der Waals surface area (Å²) in [7, 11) is 0. The number of nitrogens with zero attached hydrogens (tertiary/aromatic N) is 1. The lowest BCUT2D eigenvalue weighted by molar-refractivity contribution is 0.0940. The molecule has 0 atom stereocenters. The Balaban J connectivity index is 1.84. The highest BCUT2D eigenvalue weighted by molar-refractivity contribution is 5.97. The minimum atomic E-state index is -0.172. The number of rotatable bonds is 8. The molecule has 2 amide bonds. The summed E-state index contributed by atoms with van der Waals surface area (Å²) in [5, 5.41) is 5.72. The van der Waals surface area contributed by atoms with Gasteiger partial charge in [-0.2, -0.15) is 0 Å². The summed E-state index contributed by atoms with van der Waals surface area (Å²) in [4.78, 5) is 28.1. The molecule has 1 aromatic carbocycles. The van der Waals surface area contributed by atoms with E-state index in [4.69, 9.17) is 0 Å². The van der Waals surface area contributed by atoms with Crippen molar-refractivity contribution in [2.75, 3.05) is 6.54 Å². The SMILES string of the molecule is CCCCCNC(=O)c1ccc(C(=O)NCc2cccnc2)cc1. The molecule has 5 nitrogen and oxygen atoms in total. The highest BCUT2D eigenvalue weighted by atomic mass is 16.2. The van der Waals surface area contributed by atoms with Gasteiger partial charge in [0.05, 0.1) is 0 Å². The first kappa shape index (κ1) is 17.7. The Morgan fingerprint density at radius 2 is 1.62 bits per heavy atom. The smallest absolute Gasteiger partial charge is 0.251 e. The Morgan fingerprint density at radius 1 is 0.958 bits per heavy atom. The van der Waals surface area contributed by atoms with E-state index in [2.05, 4.69) is 22.5 Å². The van der Waals surface area contributed by atoms with Gasteiger partial charge in [0.15, 0.2) is 0 Å². The Morgan fingerprint density at radius 3 is 2.21 bits per heavy atom. The highest BCUT2D eigenvalue weighted by Crippen LogP contribution is 2.05. The molecule has 0 spiro atoms. The first-order valence-corrected chi connectivity index (χ1v) is 8.26. The molecule has 2 N–H and O–H groups in total. The molecule has 0 unspecified atom stereocenters. The van der Waals surface area contributed by atoms with Crippen LogP contribution in [0.25, 0.3) is 0 Å². The summed E-state index contributed by atoms with van der Waals surface area (Å²) in [5.74, 6) is -0.276. The second-order valence-corrected chi connectivity index (χ2v) is 5.58. The number of aromatic nitrogens is 1. The third-order valence-electron chi connectivity index (χ3n) is 3.65. The zero-order chi connectivity index (χ0) is 17.2. The molecule has 126 valence electrons. The van der Waals surface area contributed by atoms with Gasteiger partial charge in [-0.3, -0.25) is 14.6 Å². The molecule has 2 aromatic rings. The summed E-state index contributed by atoms with van der Waals surface area (Å²) >= 11 is 0. The van der Waals surface area contributed by atoms with Crippen molar-refractivity contribution in [3.05, 3.63) is 65.5 Å². The zero-order valence-corrected chi connectivity index (χ0v) is 13.9. The van der Waals surface area contributed by atoms with Crippen LogP contribution in [0.2, 0.25) is 0 Å². The van der Waals surface area contributed by atoms with Crippen LogP contribution in [0, 0.1) is 0 Å². The Bertz CT molecular complexity index is 654. The maximum Gasteiger partial charge on any atom is 0.251 e. The molecule has 0 saturated carbocycles. The van der Waals surface area contributed by atoms with E-state index in [9.17, 15) is 9.59 Å². The van der Waals surface area contributed by atoms with Crippen LogP contribution < -0.4 is 10.6 Å². The van der Waals surface area contributed by atoms with Crippen LogP contribution in [-0.2, 0) is 6.54 Å². The van der Waals surface area contributed by atoms with Crippen molar-refractivity contribution in [2.45, 2.75) is 32.7 Å². The van der Waals surface area contributed by atoms with Crippen LogP contribution in [0.4, 0.5) is 0 Å². The normalized spacial score (nSPS) is 10.2. The highest BCUT2D eigenvalue weighted by Gasteiger charge is 2.08. The molecule has 0 bridgehead atoms. The standard InChI is InChI=1S/C19H23N3O2/c1-2-3-4-12-21-18(23)16-7-9-17(10-8-16)19(24)22-14-15-6-5-11-20-13-15/h5-11,13H,2-4,12,14H2,1H3,(H,21,23)(H,22,24). The van der Waals surface area contributed by atoms with Crippen LogP contribution in [-0.4, -0.2) is 23.3 Å². The molecule has 0 aliphatic carbocycles. The molecular formula is C19H23N3O2. The molecule has 0 saturated heterocycles. The molecule has 24 heavy (non-hydrogen) atoms. The molecule has 2 rings (SSSR count). The lowest BCUT2D eigenvalue weighted by atomic mass is 10.1. The maximum atomic E-state index is 12.1. The molecule has 1 aromatic heterocycles. The van der Waals surface area contributed by atoms with E-state index in [0.717, 1.165) is 24.8 Å². The summed E-state index contributed by atoms with van der Waals surface area (Å²) in [6.45, 7) is 3.23. The van der Waals surface area contributed by atoms with E-state index >= 15 is 0 Å². The molecule has 0 fully saturated rings. The van der Waals surface area contributed by atoms with Crippen molar-refractivity contribution in [2.24, 2.45) is 0 Å². The fourth-order valence-electron chi connectivity index (χ4n) is 2.24. The molecule has 0 aliphatic heterocycles. The Kier molecular flexibility index (Phi) is 6.95. The van der Waals surface area contributed by atoms with Crippen LogP contribution >= 0.6 is 0 Å². The summed E-state index contributed by atoms with van der Waals surface area (Å²) in [6, 6.07) is 10.4. The van der Waals surface area contributed by atoms with Gasteiger partial charge in [-0.15, -0.1) is 0 Å². The first-order valence-electron chi connectivity index (χ1n) is 8.26. The number of benzene rings is 1. The molecule has 0 radical (unpaired) electrons. The lowest BCUT2D eigenvalue weighted by Gasteiger charge is -2.07. The van der Waals surface area contributed by atoms with E-state index in [1.54, 1.807) is 36.7 Å². The van der Waals surface area contributed by atoms with Crippen LogP contribution in [0.1, 0.15) is 52.5 Å². The lowest BCUT2D eigenvalue weighted by Crippen LogP contribution is -2.25. The van der Waals surface area contributed by atoms with Gasteiger partial charge in [0, 0.05) is 36.6 Å². The molecular weight excluding hydrogens is 302 g/mol. The van der Waals surface area contributed by atoms with Gasteiger partial charge in [-0.25, -0.2) is 0 Å². The quantitative estimate of drug-likeness (QED) is 0.733. The van der Waals surface area contributed by atoms with Crippen molar-refractivity contribution in [3.63, 3.8) is 0 Å². The van der Waals surface area contributed by atoms with Crippen LogP contribution in [0.5, 0.6) is 0 Å². The third kappa shape index (κ3) is 5.50. The molecule has 5 heteroatoms. The third-order valence-corrected chi connectivity index (χ3v) is 3.65. The van der Waals surface area contributed by atoms with Gasteiger partial charge < -0.3 is 10.6 Å². The van der Waals surface area contributed by atoms with E-state index in [1.165, 1.54) is 0 Å². The van der Waals surface area contributed by atoms with E-state index in [1.807, 2.05) is 12.1 Å². The summed E-state index contributed by atoms with van der Waals surface area (Å²) < 4.78 is 0. The first-order chi connectivity index (χ1) is 11.7. The second kappa shape index (κ2) is 9.45. The summed E-state index contributed by atoms with van der Waals surface area (Å²) in [5.41, 5.74) is 2.03. The van der Waals surface area contributed by atoms with Crippen LogP contribution in [0.3, 0.4) is 0 Å². The van der Waals surface area contributed by atoms with Gasteiger partial charge in [-0.05, 0) is 42.3 Å². The predicted molar refractivity (Wildman–Crippen MR) is 93.7 cm³/mol. The molecule has 1 heterocycles. The van der Waals surface area contributed by atoms with E-state index in [0.29, 0.717) is 24.2 Å². The number of carbonyl (C=O) groups excluding carboxylic acids is 2. The number of unbranched alkanes of at least 4 members (excludes halogenated alkanes) is 2. The Hall–Kier alpha value is -2.69. The number of hydrogen-bond donors (Lipinski definition) is 2. The fourth-order valence-corrected chi connectivity index (χ4v) is 2.24. The van der Waals surface area contributed by atoms with Gasteiger partial charge in [-0.1, -0.05) is 25.8 Å². The Labute approximate surface area is 142 Å². The summed E-state index contributed by atoms with van der Waals surface area (Å²) in [6.07, 6.45) is 6.62. The largest absolute Gasteiger partial charge is 0.352 e. The number of pyridine rings is 1. The number of nitrogens with one attached hydrogen (secondary N) is 2.